The quantitative estimate of drug-likeness (QED) is 0.193. The minimum atomic E-state index is 0. The molecule has 0 saturated heterocycles. The number of benzene rings is 2. The molecule has 2 aromatic carbocycles. The van der Waals surface area contributed by atoms with Crippen LogP contribution in [-0.4, -0.2) is 19.9 Å². The molecule has 8 rings (SSSR count). The van der Waals surface area contributed by atoms with Gasteiger partial charge in [-0.15, -0.1) is 34.9 Å². The van der Waals surface area contributed by atoms with Crippen molar-refractivity contribution in [3.05, 3.63) is 101 Å². The summed E-state index contributed by atoms with van der Waals surface area (Å²) in [6.45, 7) is 14.3. The predicted molar refractivity (Wildman–Crippen MR) is 192 cm³/mol. The molecule has 0 amide bonds. The summed E-state index contributed by atoms with van der Waals surface area (Å²) in [5.74, 6) is 3.38. The maximum atomic E-state index is 5.11. The smallest absolute Gasteiger partial charge is 0.165 e. The molecule has 1 fully saturated rings. The average Bonchev–Trinajstić information content (AvgIpc) is 3.20. The largest absolute Gasteiger partial charge is 0.304 e. The first-order valence-corrected chi connectivity index (χ1v) is 17.8. The number of aromatic nitrogens is 4. The van der Waals surface area contributed by atoms with Crippen LogP contribution in [0.15, 0.2) is 66.9 Å². The van der Waals surface area contributed by atoms with Crippen LogP contribution in [0.3, 0.4) is 0 Å². The molecule has 4 aliphatic rings. The molecule has 1 radical (unpaired) electrons. The second kappa shape index (κ2) is 12.3. The van der Waals surface area contributed by atoms with Gasteiger partial charge in [0, 0.05) is 43.0 Å². The summed E-state index contributed by atoms with van der Waals surface area (Å²) in [5, 5.41) is 0. The van der Waals surface area contributed by atoms with Crippen LogP contribution in [-0.2, 0) is 43.8 Å². The first-order chi connectivity index (χ1) is 22.5. The Hall–Kier alpha value is -3.27. The van der Waals surface area contributed by atoms with Gasteiger partial charge in [-0.25, -0.2) is 15.0 Å². The van der Waals surface area contributed by atoms with Gasteiger partial charge >= 0.3 is 0 Å². The fraction of sp³-hybridized carbons (Fsp3) is 0.442. The molecule has 4 aromatic rings. The van der Waals surface area contributed by atoms with Crippen LogP contribution in [0.4, 0.5) is 0 Å². The van der Waals surface area contributed by atoms with E-state index in [0.717, 1.165) is 52.4 Å². The summed E-state index contributed by atoms with van der Waals surface area (Å²) in [6, 6.07) is 19.1. The van der Waals surface area contributed by atoms with E-state index in [4.69, 9.17) is 19.9 Å². The molecule has 249 valence electrons. The van der Waals surface area contributed by atoms with Gasteiger partial charge in [0.2, 0.25) is 0 Å². The summed E-state index contributed by atoms with van der Waals surface area (Å²) in [4.78, 5) is 20.2. The van der Waals surface area contributed by atoms with Gasteiger partial charge in [0.15, 0.2) is 17.5 Å². The number of hydrogen-bond donors (Lipinski definition) is 0. The van der Waals surface area contributed by atoms with Gasteiger partial charge in [-0.05, 0) is 89.5 Å². The fourth-order valence-electron chi connectivity index (χ4n) is 8.75. The number of rotatable bonds is 4. The van der Waals surface area contributed by atoms with E-state index in [9.17, 15) is 0 Å². The van der Waals surface area contributed by atoms with Gasteiger partial charge in [0.1, 0.15) is 0 Å². The summed E-state index contributed by atoms with van der Waals surface area (Å²) >= 11 is 0. The van der Waals surface area contributed by atoms with Crippen molar-refractivity contribution in [2.45, 2.75) is 104 Å². The molecular formula is C43H47IrN4-. The Kier molecular flexibility index (Phi) is 8.48. The molecular weight excluding hydrogens is 765 g/mol. The van der Waals surface area contributed by atoms with Crippen LogP contribution in [0.1, 0.15) is 108 Å². The number of pyridine rings is 1. The van der Waals surface area contributed by atoms with Gasteiger partial charge in [-0.3, -0.25) is 0 Å². The molecule has 0 bridgehead atoms. The van der Waals surface area contributed by atoms with E-state index in [1.807, 2.05) is 6.20 Å². The van der Waals surface area contributed by atoms with E-state index < -0.39 is 0 Å². The molecule has 4 aliphatic carbocycles. The number of fused-ring (bicyclic) bond motifs is 3. The van der Waals surface area contributed by atoms with Crippen LogP contribution in [0.5, 0.6) is 0 Å². The van der Waals surface area contributed by atoms with Crippen molar-refractivity contribution >= 4 is 5.57 Å². The van der Waals surface area contributed by atoms with Crippen molar-refractivity contribution in [1.82, 2.24) is 19.9 Å². The number of allylic oxidation sites excluding steroid dienone is 4. The molecule has 2 aromatic heterocycles. The number of hydrogen-bond acceptors (Lipinski definition) is 4. The second-order valence-corrected chi connectivity index (χ2v) is 16.1. The van der Waals surface area contributed by atoms with Crippen LogP contribution >= 0.6 is 0 Å². The van der Waals surface area contributed by atoms with E-state index in [0.29, 0.717) is 17.7 Å². The molecule has 0 aliphatic heterocycles. The molecule has 48 heavy (non-hydrogen) atoms. The Morgan fingerprint density at radius 2 is 1.35 bits per heavy atom. The Morgan fingerprint density at radius 1 is 0.688 bits per heavy atom. The van der Waals surface area contributed by atoms with E-state index in [2.05, 4.69) is 108 Å². The van der Waals surface area contributed by atoms with Crippen molar-refractivity contribution in [2.75, 3.05) is 0 Å². The molecule has 1 saturated carbocycles. The molecule has 0 N–H and O–H groups in total. The molecule has 2 atom stereocenters. The average molecular weight is 812 g/mol. The summed E-state index contributed by atoms with van der Waals surface area (Å²) in [7, 11) is 0. The van der Waals surface area contributed by atoms with Crippen LogP contribution in [0.2, 0.25) is 0 Å². The van der Waals surface area contributed by atoms with Crippen LogP contribution in [0, 0.1) is 23.3 Å². The minimum absolute atomic E-state index is 0. The van der Waals surface area contributed by atoms with Crippen LogP contribution in [0.25, 0.3) is 39.6 Å². The Balaban J connectivity index is 0.00000364. The van der Waals surface area contributed by atoms with Crippen molar-refractivity contribution in [3.8, 4) is 34.0 Å². The summed E-state index contributed by atoms with van der Waals surface area (Å²) < 4.78 is 0. The van der Waals surface area contributed by atoms with Crippen LogP contribution < -0.4 is 0 Å². The van der Waals surface area contributed by atoms with E-state index in [1.165, 1.54) is 60.8 Å². The number of aryl methyl sites for hydroxylation is 2. The van der Waals surface area contributed by atoms with Crippen molar-refractivity contribution < 1.29 is 20.1 Å². The minimum Gasteiger partial charge on any atom is -0.304 e. The molecule has 5 heteroatoms. The van der Waals surface area contributed by atoms with Crippen molar-refractivity contribution in [1.29, 1.82) is 0 Å². The zero-order valence-electron chi connectivity index (χ0n) is 29.3. The third-order valence-corrected chi connectivity index (χ3v) is 13.0. The van der Waals surface area contributed by atoms with E-state index >= 15 is 0 Å². The third kappa shape index (κ3) is 5.37. The predicted octanol–water partition coefficient (Wildman–Crippen LogP) is 10.3. The molecule has 4 nitrogen and oxygen atoms in total. The topological polar surface area (TPSA) is 51.6 Å². The normalized spacial score (nSPS) is 22.9. The molecule has 0 spiro atoms. The Labute approximate surface area is 300 Å². The maximum absolute atomic E-state index is 5.11. The molecule has 2 heterocycles. The van der Waals surface area contributed by atoms with E-state index in [-0.39, 0.29) is 36.4 Å². The first-order valence-electron chi connectivity index (χ1n) is 17.8. The van der Waals surface area contributed by atoms with Gasteiger partial charge in [0.05, 0.1) is 0 Å². The van der Waals surface area contributed by atoms with Gasteiger partial charge in [-0.1, -0.05) is 96.9 Å². The zero-order chi connectivity index (χ0) is 32.6. The van der Waals surface area contributed by atoms with Crippen molar-refractivity contribution in [3.63, 3.8) is 0 Å². The van der Waals surface area contributed by atoms with E-state index in [1.54, 1.807) is 0 Å². The Morgan fingerprint density at radius 3 is 2.10 bits per heavy atom. The molecule has 2 unspecified atom stereocenters. The SMILES string of the molecule is CC1(C)c2c[c-]c(-c3ccc(-c4nc(C5=CC6CCCCC6C=C5)nc(-c5ccc6c(c5)CCCC6)n4)cn3)cc2C(C)(C)C1(C)C.[Ir]. The first kappa shape index (κ1) is 33.2. The summed E-state index contributed by atoms with van der Waals surface area (Å²) in [5.41, 5.74) is 10.9. The maximum Gasteiger partial charge on any atom is 0.165 e. The van der Waals surface area contributed by atoms with Gasteiger partial charge < -0.3 is 4.98 Å². The third-order valence-electron chi connectivity index (χ3n) is 13.0. The Bertz CT molecular complexity index is 1930. The zero-order valence-corrected chi connectivity index (χ0v) is 31.7. The summed E-state index contributed by atoms with van der Waals surface area (Å²) in [6.07, 6.45) is 18.9. The number of nitrogens with zero attached hydrogens (tertiary/aromatic N) is 4. The standard InChI is InChI=1S/C43H47N4.Ir/c1-41(2)35-21-19-31(25-36(35)42(3,4)43(41,5)6)37-22-20-34(26-44-37)40-46-38(32-17-15-27-11-7-9-13-29(27)23-32)45-39(47-40)33-18-16-28-12-8-10-14-30(28)24-33;/h15-18,20-27,29H,7-14H2,1-6H3;/q-1;. The second-order valence-electron chi connectivity index (χ2n) is 16.1. The van der Waals surface area contributed by atoms with Gasteiger partial charge in [-0.2, -0.15) is 0 Å². The fourth-order valence-corrected chi connectivity index (χ4v) is 8.75. The van der Waals surface area contributed by atoms with Crippen molar-refractivity contribution in [2.24, 2.45) is 17.3 Å². The van der Waals surface area contributed by atoms with Gasteiger partial charge in [0.25, 0.3) is 0 Å². The monoisotopic (exact) mass is 812 g/mol.